The Labute approximate surface area is 270 Å². The van der Waals surface area contributed by atoms with Crippen LogP contribution in [0.1, 0.15) is 188 Å². The van der Waals surface area contributed by atoms with Crippen molar-refractivity contribution in [1.82, 2.24) is 0 Å². The summed E-state index contributed by atoms with van der Waals surface area (Å²) in [5.41, 5.74) is 3.60. The normalized spacial score (nSPS) is 12.8. The lowest BCUT2D eigenvalue weighted by molar-refractivity contribution is -0.143. The van der Waals surface area contributed by atoms with Gasteiger partial charge < -0.3 is 9.16 Å². The number of hydrogen-bond acceptors (Lipinski definition) is 3. The highest BCUT2D eigenvalue weighted by Gasteiger charge is 2.28. The third-order valence-electron chi connectivity index (χ3n) is 8.58. The van der Waals surface area contributed by atoms with Gasteiger partial charge in [-0.25, -0.2) is 0 Å². The molecule has 0 aromatic heterocycles. The molecule has 0 aliphatic carbocycles. The van der Waals surface area contributed by atoms with Gasteiger partial charge in [0.1, 0.15) is 5.75 Å². The van der Waals surface area contributed by atoms with E-state index in [2.05, 4.69) is 80.5 Å². The number of aryl methyl sites for hydroxylation is 1. The van der Waals surface area contributed by atoms with Crippen molar-refractivity contribution in [3.05, 3.63) is 40.1 Å². The van der Waals surface area contributed by atoms with Gasteiger partial charge in [0.2, 0.25) is 9.76 Å². The quantitative estimate of drug-likeness (QED) is 0.0699. The summed E-state index contributed by atoms with van der Waals surface area (Å²) in [6, 6.07) is 4.54. The van der Waals surface area contributed by atoms with E-state index in [1.165, 1.54) is 112 Å². The second-order valence-corrected chi connectivity index (χ2v) is 16.7. The first-order valence-corrected chi connectivity index (χ1v) is 19.3. The average molecular weight is 615 g/mol. The SMILES string of the molecule is C/C=C(\C)[SiH2]Oc1c(C(C)(C)C)cc(CCC(=O)OCCCCCCCCCCCCCCCCCC)cc1C(C)(C)C. The largest absolute Gasteiger partial charge is 0.545 e. The van der Waals surface area contributed by atoms with Crippen LogP contribution in [0.5, 0.6) is 5.75 Å². The molecule has 0 saturated heterocycles. The van der Waals surface area contributed by atoms with E-state index in [-0.39, 0.29) is 16.8 Å². The molecular formula is C39H70O3Si. The lowest BCUT2D eigenvalue weighted by atomic mass is 9.78. The second-order valence-electron chi connectivity index (χ2n) is 15.0. The monoisotopic (exact) mass is 615 g/mol. The summed E-state index contributed by atoms with van der Waals surface area (Å²) < 4.78 is 12.2. The topological polar surface area (TPSA) is 35.5 Å². The summed E-state index contributed by atoms with van der Waals surface area (Å²) in [4.78, 5) is 12.6. The highest BCUT2D eigenvalue weighted by atomic mass is 28.2. The molecule has 1 rings (SSSR count). The number of carbonyl (C=O) groups is 1. The first kappa shape index (κ1) is 39.5. The molecule has 248 valence electrons. The van der Waals surface area contributed by atoms with E-state index < -0.39 is 9.76 Å². The van der Waals surface area contributed by atoms with E-state index in [0.29, 0.717) is 19.4 Å². The molecule has 0 amide bonds. The van der Waals surface area contributed by atoms with E-state index in [9.17, 15) is 4.79 Å². The fraction of sp³-hybridized carbons (Fsp3) is 0.769. The van der Waals surface area contributed by atoms with E-state index in [0.717, 1.165) is 18.6 Å². The maximum Gasteiger partial charge on any atom is 0.306 e. The van der Waals surface area contributed by atoms with Gasteiger partial charge in [0, 0.05) is 6.42 Å². The van der Waals surface area contributed by atoms with Gasteiger partial charge in [-0.05, 0) is 54.2 Å². The molecule has 0 aliphatic rings. The number of carbonyl (C=O) groups excluding carboxylic acids is 1. The molecule has 0 aliphatic heterocycles. The van der Waals surface area contributed by atoms with Crippen LogP contribution in [0.4, 0.5) is 0 Å². The van der Waals surface area contributed by atoms with Crippen LogP contribution in [0, 0.1) is 0 Å². The Morgan fingerprint density at radius 2 is 1.14 bits per heavy atom. The number of rotatable bonds is 23. The van der Waals surface area contributed by atoms with Crippen molar-refractivity contribution in [3.63, 3.8) is 0 Å². The number of allylic oxidation sites excluding steroid dienone is 2. The number of unbranched alkanes of at least 4 members (excludes halogenated alkanes) is 15. The summed E-state index contributed by atoms with van der Waals surface area (Å²) in [5, 5.41) is 1.36. The highest BCUT2D eigenvalue weighted by molar-refractivity contribution is 6.38. The van der Waals surface area contributed by atoms with Gasteiger partial charge in [0.25, 0.3) is 0 Å². The lowest BCUT2D eigenvalue weighted by Gasteiger charge is -2.31. The van der Waals surface area contributed by atoms with Gasteiger partial charge >= 0.3 is 5.97 Å². The maximum atomic E-state index is 12.6. The van der Waals surface area contributed by atoms with Crippen molar-refractivity contribution in [2.75, 3.05) is 6.61 Å². The van der Waals surface area contributed by atoms with Crippen LogP contribution < -0.4 is 4.43 Å². The van der Waals surface area contributed by atoms with Crippen LogP contribution in [-0.4, -0.2) is 22.3 Å². The van der Waals surface area contributed by atoms with Crippen molar-refractivity contribution >= 4 is 15.7 Å². The van der Waals surface area contributed by atoms with E-state index in [1.54, 1.807) is 0 Å². The van der Waals surface area contributed by atoms with Gasteiger partial charge in [-0.2, -0.15) is 0 Å². The minimum atomic E-state index is -0.800. The van der Waals surface area contributed by atoms with Crippen molar-refractivity contribution < 1.29 is 14.0 Å². The standard InChI is InChI=1S/C39H70O3Si/c1-10-12-13-14-15-16-17-18-19-20-21-22-23-24-25-26-29-41-36(40)28-27-33-30-34(38(4,5)6)37(42-43-32(3)11-2)35(31-33)39(7,8)9/h11,30-31H,10,12-29,43H2,1-9H3/b32-11+. The first-order chi connectivity index (χ1) is 20.4. The maximum absolute atomic E-state index is 12.6. The summed E-state index contributed by atoms with van der Waals surface area (Å²) in [5.74, 6) is 0.981. The molecule has 1 aromatic carbocycles. The molecule has 0 unspecified atom stereocenters. The molecule has 0 fully saturated rings. The molecule has 0 bridgehead atoms. The third kappa shape index (κ3) is 18.1. The number of esters is 1. The van der Waals surface area contributed by atoms with Crippen molar-refractivity contribution in [1.29, 1.82) is 0 Å². The molecule has 0 N–H and O–H groups in total. The molecular weight excluding hydrogens is 545 g/mol. The van der Waals surface area contributed by atoms with Crippen LogP contribution in [0.25, 0.3) is 0 Å². The molecule has 3 nitrogen and oxygen atoms in total. The Kier molecular flexibility index (Phi) is 20.2. The molecule has 0 heterocycles. The third-order valence-corrected chi connectivity index (χ3v) is 9.88. The van der Waals surface area contributed by atoms with Crippen molar-refractivity contribution in [2.45, 2.75) is 189 Å². The summed E-state index contributed by atoms with van der Waals surface area (Å²) in [6.45, 7) is 20.6. The first-order valence-electron chi connectivity index (χ1n) is 18.0. The minimum absolute atomic E-state index is 0.0443. The lowest BCUT2D eigenvalue weighted by Crippen LogP contribution is -2.22. The van der Waals surface area contributed by atoms with Gasteiger partial charge in [-0.3, -0.25) is 4.79 Å². The molecule has 0 atom stereocenters. The van der Waals surface area contributed by atoms with Gasteiger partial charge in [0.15, 0.2) is 0 Å². The molecule has 0 saturated carbocycles. The highest BCUT2D eigenvalue weighted by Crippen LogP contribution is 2.41. The summed E-state index contributed by atoms with van der Waals surface area (Å²) >= 11 is 0. The predicted octanol–water partition coefficient (Wildman–Crippen LogP) is 11.4. The van der Waals surface area contributed by atoms with Gasteiger partial charge in [-0.1, -0.05) is 168 Å². The average Bonchev–Trinajstić information content (AvgIpc) is 2.95. The van der Waals surface area contributed by atoms with E-state index >= 15 is 0 Å². The van der Waals surface area contributed by atoms with Crippen LogP contribution in [-0.2, 0) is 26.8 Å². The van der Waals surface area contributed by atoms with Crippen LogP contribution in [0.2, 0.25) is 0 Å². The predicted molar refractivity (Wildman–Crippen MR) is 191 cm³/mol. The van der Waals surface area contributed by atoms with Crippen molar-refractivity contribution in [2.24, 2.45) is 0 Å². The van der Waals surface area contributed by atoms with Crippen LogP contribution >= 0.6 is 0 Å². The smallest absolute Gasteiger partial charge is 0.306 e. The Morgan fingerprint density at radius 3 is 1.53 bits per heavy atom. The molecule has 4 heteroatoms. The van der Waals surface area contributed by atoms with Gasteiger partial charge in [-0.15, -0.1) is 0 Å². The second kappa shape index (κ2) is 22.0. The summed E-state index contributed by atoms with van der Waals surface area (Å²) in [7, 11) is -0.800. The van der Waals surface area contributed by atoms with E-state index in [1.807, 2.05) is 0 Å². The Hall–Kier alpha value is -1.55. The zero-order valence-electron chi connectivity index (χ0n) is 30.1. The number of benzene rings is 1. The Balaban J connectivity index is 2.34. The Morgan fingerprint density at radius 1 is 0.721 bits per heavy atom. The minimum Gasteiger partial charge on any atom is -0.545 e. The van der Waals surface area contributed by atoms with Crippen LogP contribution in [0.3, 0.4) is 0 Å². The zero-order valence-corrected chi connectivity index (χ0v) is 31.5. The molecule has 0 radical (unpaired) electrons. The van der Waals surface area contributed by atoms with Gasteiger partial charge in [0.05, 0.1) is 6.61 Å². The zero-order chi connectivity index (χ0) is 32.1. The van der Waals surface area contributed by atoms with Crippen LogP contribution in [0.15, 0.2) is 23.4 Å². The molecule has 0 spiro atoms. The number of ether oxygens (including phenoxy) is 1. The number of hydrogen-bond donors (Lipinski definition) is 0. The van der Waals surface area contributed by atoms with Crippen molar-refractivity contribution in [3.8, 4) is 5.75 Å². The summed E-state index contributed by atoms with van der Waals surface area (Å²) in [6.07, 6.45) is 24.9. The fourth-order valence-electron chi connectivity index (χ4n) is 5.53. The fourth-order valence-corrected chi connectivity index (χ4v) is 6.38. The molecule has 1 aromatic rings. The molecule has 43 heavy (non-hydrogen) atoms. The van der Waals surface area contributed by atoms with E-state index in [4.69, 9.17) is 9.16 Å². The Bertz CT molecular complexity index is 884.